The van der Waals surface area contributed by atoms with Gasteiger partial charge >= 0.3 is 0 Å². The molecule has 0 aromatic heterocycles. The van der Waals surface area contributed by atoms with Crippen LogP contribution in [0.15, 0.2) is 72.8 Å². The molecule has 3 aromatic carbocycles. The lowest BCUT2D eigenvalue weighted by Gasteiger charge is -2.23. The lowest BCUT2D eigenvalue weighted by atomic mass is 10.1. The number of ether oxygens (including phenoxy) is 2. The van der Waals surface area contributed by atoms with E-state index in [1.54, 1.807) is 48.5 Å². The molecule has 0 bridgehead atoms. The SMILES string of the molecule is CCCc1ccc(OCCNC(=O)c2ccc(CN(c3cccc(OC(C)C)c3)S(C)(=O)=O)cc2)cc1. The molecule has 0 fully saturated rings. The van der Waals surface area contributed by atoms with Crippen molar-refractivity contribution >= 4 is 21.6 Å². The molecular weight excluding hydrogens is 488 g/mol. The number of amides is 1. The predicted octanol–water partition coefficient (Wildman–Crippen LogP) is 5.20. The van der Waals surface area contributed by atoms with E-state index in [0.717, 1.165) is 24.2 Å². The molecule has 0 spiro atoms. The molecule has 1 N–H and O–H groups in total. The number of sulfonamides is 1. The number of rotatable bonds is 13. The summed E-state index contributed by atoms with van der Waals surface area (Å²) in [6.07, 6.45) is 3.29. The second-order valence-corrected chi connectivity index (χ2v) is 11.0. The van der Waals surface area contributed by atoms with Crippen LogP contribution in [0.1, 0.15) is 48.7 Å². The summed E-state index contributed by atoms with van der Waals surface area (Å²) in [5.41, 5.74) is 3.04. The number of nitrogens with zero attached hydrogens (tertiary/aromatic N) is 1. The molecule has 3 rings (SSSR count). The third-order valence-corrected chi connectivity index (χ3v) is 6.68. The topological polar surface area (TPSA) is 84.9 Å². The maximum atomic E-state index is 12.5. The highest BCUT2D eigenvalue weighted by Gasteiger charge is 2.19. The van der Waals surface area contributed by atoms with Crippen LogP contribution in [0.5, 0.6) is 11.5 Å². The molecule has 0 radical (unpaired) electrons. The van der Waals surface area contributed by atoms with E-state index in [0.29, 0.717) is 30.2 Å². The molecule has 3 aromatic rings. The minimum atomic E-state index is -3.55. The summed E-state index contributed by atoms with van der Waals surface area (Å²) in [5.74, 6) is 1.16. The molecule has 0 unspecified atom stereocenters. The molecule has 0 aliphatic carbocycles. The van der Waals surface area contributed by atoms with Gasteiger partial charge in [-0.25, -0.2) is 8.42 Å². The van der Waals surface area contributed by atoms with Crippen LogP contribution in [0.3, 0.4) is 0 Å². The quantitative estimate of drug-likeness (QED) is 0.311. The lowest BCUT2D eigenvalue weighted by molar-refractivity contribution is 0.0947. The van der Waals surface area contributed by atoms with Crippen LogP contribution in [0, 0.1) is 0 Å². The molecule has 198 valence electrons. The molecular formula is C29H36N2O5S. The maximum Gasteiger partial charge on any atom is 0.251 e. The molecule has 0 saturated carbocycles. The van der Waals surface area contributed by atoms with Gasteiger partial charge < -0.3 is 14.8 Å². The van der Waals surface area contributed by atoms with E-state index in [2.05, 4.69) is 24.4 Å². The van der Waals surface area contributed by atoms with Gasteiger partial charge in [-0.1, -0.05) is 43.7 Å². The number of hydrogen-bond donors (Lipinski definition) is 1. The third-order valence-electron chi connectivity index (χ3n) is 5.54. The van der Waals surface area contributed by atoms with Crippen LogP contribution in [-0.4, -0.2) is 39.8 Å². The Bertz CT molecular complexity index is 1260. The number of hydrogen-bond acceptors (Lipinski definition) is 5. The Balaban J connectivity index is 1.56. The highest BCUT2D eigenvalue weighted by Crippen LogP contribution is 2.26. The lowest BCUT2D eigenvalue weighted by Crippen LogP contribution is -2.29. The van der Waals surface area contributed by atoms with E-state index in [9.17, 15) is 13.2 Å². The molecule has 0 aliphatic heterocycles. The van der Waals surface area contributed by atoms with Gasteiger partial charge in [-0.15, -0.1) is 0 Å². The average Bonchev–Trinajstić information content (AvgIpc) is 2.85. The summed E-state index contributed by atoms with van der Waals surface area (Å²) in [6, 6.07) is 21.9. The van der Waals surface area contributed by atoms with Gasteiger partial charge in [-0.3, -0.25) is 9.10 Å². The Morgan fingerprint density at radius 2 is 1.62 bits per heavy atom. The molecule has 7 nitrogen and oxygen atoms in total. The standard InChI is InChI=1S/C29H36N2O5S/c1-5-7-23-12-16-27(17-13-23)35-19-18-30-29(32)25-14-10-24(11-15-25)21-31(37(4,33)34)26-8-6-9-28(20-26)36-22(2)3/h6,8-17,20,22H,5,7,18-19,21H2,1-4H3,(H,30,32). The van der Waals surface area contributed by atoms with Crippen molar-refractivity contribution in [2.45, 2.75) is 46.3 Å². The molecule has 8 heteroatoms. The Kier molecular flexibility index (Phi) is 9.97. The van der Waals surface area contributed by atoms with E-state index in [4.69, 9.17) is 9.47 Å². The van der Waals surface area contributed by atoms with E-state index in [-0.39, 0.29) is 18.6 Å². The average molecular weight is 525 g/mol. The number of nitrogens with one attached hydrogen (secondary N) is 1. The smallest absolute Gasteiger partial charge is 0.251 e. The molecule has 1 amide bonds. The number of benzene rings is 3. The van der Waals surface area contributed by atoms with Gasteiger partial charge in [-0.2, -0.15) is 0 Å². The van der Waals surface area contributed by atoms with E-state index >= 15 is 0 Å². The Morgan fingerprint density at radius 1 is 0.946 bits per heavy atom. The predicted molar refractivity (Wildman–Crippen MR) is 148 cm³/mol. The van der Waals surface area contributed by atoms with E-state index in [1.807, 2.05) is 26.0 Å². The second-order valence-electron chi connectivity index (χ2n) is 9.13. The zero-order valence-electron chi connectivity index (χ0n) is 21.9. The van der Waals surface area contributed by atoms with Crippen LogP contribution in [0.4, 0.5) is 5.69 Å². The summed E-state index contributed by atoms with van der Waals surface area (Å²) in [4.78, 5) is 12.5. The van der Waals surface area contributed by atoms with E-state index in [1.165, 1.54) is 16.1 Å². The Labute approximate surface area is 220 Å². The highest BCUT2D eigenvalue weighted by molar-refractivity contribution is 7.92. The van der Waals surface area contributed by atoms with Gasteiger partial charge in [0.2, 0.25) is 10.0 Å². The molecule has 0 atom stereocenters. The molecule has 0 aliphatic rings. The zero-order chi connectivity index (χ0) is 26.8. The zero-order valence-corrected chi connectivity index (χ0v) is 22.8. The first-order valence-corrected chi connectivity index (χ1v) is 14.3. The van der Waals surface area contributed by atoms with Crippen molar-refractivity contribution in [3.63, 3.8) is 0 Å². The maximum absolute atomic E-state index is 12.5. The fraction of sp³-hybridized carbons (Fsp3) is 0.345. The third kappa shape index (κ3) is 8.82. The summed E-state index contributed by atoms with van der Waals surface area (Å²) in [7, 11) is -3.55. The minimum absolute atomic E-state index is 0.0238. The second kappa shape index (κ2) is 13.1. The molecule has 37 heavy (non-hydrogen) atoms. The number of carbonyl (C=O) groups is 1. The largest absolute Gasteiger partial charge is 0.492 e. The number of carbonyl (C=O) groups excluding carboxylic acids is 1. The van der Waals surface area contributed by atoms with Crippen molar-refractivity contribution in [3.8, 4) is 11.5 Å². The van der Waals surface area contributed by atoms with Gasteiger partial charge in [0, 0.05) is 11.6 Å². The summed E-state index contributed by atoms with van der Waals surface area (Å²) in [6.45, 7) is 6.84. The molecule has 0 saturated heterocycles. The van der Waals surface area contributed by atoms with Gasteiger partial charge in [0.05, 0.1) is 31.1 Å². The normalized spacial score (nSPS) is 11.3. The van der Waals surface area contributed by atoms with Crippen LogP contribution in [-0.2, 0) is 23.0 Å². The van der Waals surface area contributed by atoms with Gasteiger partial charge in [0.15, 0.2) is 0 Å². The van der Waals surface area contributed by atoms with Gasteiger partial charge in [0.1, 0.15) is 18.1 Å². The van der Waals surface area contributed by atoms with Crippen LogP contribution in [0.2, 0.25) is 0 Å². The van der Waals surface area contributed by atoms with Crippen LogP contribution >= 0.6 is 0 Å². The van der Waals surface area contributed by atoms with Gasteiger partial charge in [0.25, 0.3) is 5.91 Å². The minimum Gasteiger partial charge on any atom is -0.492 e. The first-order chi connectivity index (χ1) is 17.7. The fourth-order valence-electron chi connectivity index (χ4n) is 3.79. The first-order valence-electron chi connectivity index (χ1n) is 12.5. The number of anilines is 1. The number of aryl methyl sites for hydroxylation is 1. The Hall–Kier alpha value is -3.52. The van der Waals surface area contributed by atoms with Crippen molar-refractivity contribution in [1.82, 2.24) is 5.32 Å². The first kappa shape index (κ1) is 28.1. The van der Waals surface area contributed by atoms with Crippen molar-refractivity contribution in [1.29, 1.82) is 0 Å². The van der Waals surface area contributed by atoms with Crippen LogP contribution < -0.4 is 19.1 Å². The van der Waals surface area contributed by atoms with E-state index < -0.39 is 10.0 Å². The molecule has 0 heterocycles. The fourth-order valence-corrected chi connectivity index (χ4v) is 4.67. The van der Waals surface area contributed by atoms with Crippen molar-refractivity contribution in [3.05, 3.63) is 89.5 Å². The van der Waals surface area contributed by atoms with Crippen molar-refractivity contribution in [2.75, 3.05) is 23.7 Å². The van der Waals surface area contributed by atoms with Crippen molar-refractivity contribution < 1.29 is 22.7 Å². The highest BCUT2D eigenvalue weighted by atomic mass is 32.2. The summed E-state index contributed by atoms with van der Waals surface area (Å²) in [5, 5.41) is 2.85. The Morgan fingerprint density at radius 3 is 2.24 bits per heavy atom. The van der Waals surface area contributed by atoms with Gasteiger partial charge in [-0.05, 0) is 67.8 Å². The van der Waals surface area contributed by atoms with Crippen LogP contribution in [0.25, 0.3) is 0 Å². The monoisotopic (exact) mass is 524 g/mol. The van der Waals surface area contributed by atoms with Crippen molar-refractivity contribution in [2.24, 2.45) is 0 Å². The summed E-state index contributed by atoms with van der Waals surface area (Å²) >= 11 is 0. The summed E-state index contributed by atoms with van der Waals surface area (Å²) < 4.78 is 37.8.